The van der Waals surface area contributed by atoms with E-state index in [0.29, 0.717) is 5.88 Å². The van der Waals surface area contributed by atoms with Crippen LogP contribution < -0.4 is 4.74 Å². The van der Waals surface area contributed by atoms with Crippen LogP contribution in [0.25, 0.3) is 10.9 Å². The molecule has 0 fully saturated rings. The summed E-state index contributed by atoms with van der Waals surface area (Å²) in [5, 5.41) is 1.12. The molecule has 2 nitrogen and oxygen atoms in total. The van der Waals surface area contributed by atoms with Crippen molar-refractivity contribution in [2.75, 3.05) is 0 Å². The number of para-hydroxylation sites is 2. The van der Waals surface area contributed by atoms with Crippen LogP contribution in [0.1, 0.15) is 0 Å². The lowest BCUT2D eigenvalue weighted by molar-refractivity contribution is 0.465. The van der Waals surface area contributed by atoms with Crippen molar-refractivity contribution in [1.29, 1.82) is 0 Å². The van der Waals surface area contributed by atoms with Crippen LogP contribution in [-0.4, -0.2) is 4.98 Å². The lowest BCUT2D eigenvalue weighted by Crippen LogP contribution is -1.87. The van der Waals surface area contributed by atoms with Gasteiger partial charge in [0.05, 0.1) is 5.52 Å². The predicted octanol–water partition coefficient (Wildman–Crippen LogP) is 4.45. The molecule has 0 atom stereocenters. The number of hydrogen-bond acceptors (Lipinski definition) is 2. The SMILES string of the molecule is Cl.c1ccc(Oc2ccc3ccccc3n2)cc1. The summed E-state index contributed by atoms with van der Waals surface area (Å²) < 4.78 is 5.68. The molecule has 1 heterocycles. The van der Waals surface area contributed by atoms with Crippen molar-refractivity contribution < 1.29 is 4.74 Å². The summed E-state index contributed by atoms with van der Waals surface area (Å²) in [7, 11) is 0. The Bertz CT molecular complexity index is 640. The average Bonchev–Trinajstić information content (AvgIpc) is 2.40. The summed E-state index contributed by atoms with van der Waals surface area (Å²) in [5.41, 5.74) is 0.945. The smallest absolute Gasteiger partial charge is 0.219 e. The molecule has 0 bridgehead atoms. The van der Waals surface area contributed by atoms with E-state index in [2.05, 4.69) is 4.98 Å². The summed E-state index contributed by atoms with van der Waals surface area (Å²) in [4.78, 5) is 4.45. The predicted molar refractivity (Wildman–Crippen MR) is 75.5 cm³/mol. The number of rotatable bonds is 2. The number of nitrogens with zero attached hydrogens (tertiary/aromatic N) is 1. The lowest BCUT2D eigenvalue weighted by Gasteiger charge is -2.05. The molecule has 0 spiro atoms. The number of pyridine rings is 1. The summed E-state index contributed by atoms with van der Waals surface area (Å²) in [5.74, 6) is 1.42. The molecule has 3 heteroatoms. The van der Waals surface area contributed by atoms with E-state index in [1.807, 2.05) is 66.7 Å². The van der Waals surface area contributed by atoms with Gasteiger partial charge >= 0.3 is 0 Å². The van der Waals surface area contributed by atoms with Crippen molar-refractivity contribution in [3.05, 3.63) is 66.7 Å². The molecule has 3 rings (SSSR count). The van der Waals surface area contributed by atoms with Crippen LogP contribution in [0.5, 0.6) is 11.6 Å². The molecule has 0 saturated heterocycles. The van der Waals surface area contributed by atoms with E-state index in [1.54, 1.807) is 0 Å². The first kappa shape index (κ1) is 12.4. The Morgan fingerprint density at radius 1 is 0.722 bits per heavy atom. The monoisotopic (exact) mass is 257 g/mol. The third-order valence-corrected chi connectivity index (χ3v) is 2.54. The van der Waals surface area contributed by atoms with Crippen molar-refractivity contribution in [2.24, 2.45) is 0 Å². The van der Waals surface area contributed by atoms with E-state index in [-0.39, 0.29) is 12.4 Å². The van der Waals surface area contributed by atoms with E-state index in [9.17, 15) is 0 Å². The second kappa shape index (κ2) is 5.52. The molecule has 90 valence electrons. The minimum atomic E-state index is 0. The van der Waals surface area contributed by atoms with Gasteiger partial charge < -0.3 is 4.74 Å². The fraction of sp³-hybridized carbons (Fsp3) is 0. The molecule has 1 aromatic heterocycles. The maximum absolute atomic E-state index is 5.68. The van der Waals surface area contributed by atoms with Crippen molar-refractivity contribution >= 4 is 23.3 Å². The number of benzene rings is 2. The van der Waals surface area contributed by atoms with Gasteiger partial charge in [-0.05, 0) is 24.3 Å². The highest BCUT2D eigenvalue weighted by atomic mass is 35.5. The van der Waals surface area contributed by atoms with Gasteiger partial charge in [0.1, 0.15) is 5.75 Å². The standard InChI is InChI=1S/C15H11NO.ClH/c1-2-7-13(8-3-1)17-15-11-10-12-6-4-5-9-14(12)16-15;/h1-11H;1H. The van der Waals surface area contributed by atoms with Crippen LogP contribution >= 0.6 is 12.4 Å². The first-order valence-electron chi connectivity index (χ1n) is 5.50. The number of halogens is 1. The maximum Gasteiger partial charge on any atom is 0.219 e. The summed E-state index contributed by atoms with van der Waals surface area (Å²) in [6.07, 6.45) is 0. The molecule has 0 N–H and O–H groups in total. The van der Waals surface area contributed by atoms with Gasteiger partial charge in [0.25, 0.3) is 0 Å². The zero-order chi connectivity index (χ0) is 11.5. The molecule has 2 aromatic carbocycles. The van der Waals surface area contributed by atoms with Crippen molar-refractivity contribution in [2.45, 2.75) is 0 Å². The van der Waals surface area contributed by atoms with Gasteiger partial charge in [-0.2, -0.15) is 0 Å². The van der Waals surface area contributed by atoms with Gasteiger partial charge in [-0.15, -0.1) is 12.4 Å². The first-order valence-corrected chi connectivity index (χ1v) is 5.50. The highest BCUT2D eigenvalue weighted by molar-refractivity contribution is 5.85. The Labute approximate surface area is 112 Å². The highest BCUT2D eigenvalue weighted by Gasteiger charge is 1.99. The number of aromatic nitrogens is 1. The van der Waals surface area contributed by atoms with Gasteiger partial charge in [-0.25, -0.2) is 4.98 Å². The Hall–Kier alpha value is -2.06. The van der Waals surface area contributed by atoms with E-state index >= 15 is 0 Å². The zero-order valence-electron chi connectivity index (χ0n) is 9.61. The number of ether oxygens (including phenoxy) is 1. The van der Waals surface area contributed by atoms with E-state index in [1.165, 1.54) is 0 Å². The third kappa shape index (κ3) is 2.60. The van der Waals surface area contributed by atoms with Gasteiger partial charge in [0.15, 0.2) is 0 Å². The Morgan fingerprint density at radius 2 is 1.44 bits per heavy atom. The second-order valence-corrected chi connectivity index (χ2v) is 3.76. The van der Waals surface area contributed by atoms with Crippen molar-refractivity contribution in [3.63, 3.8) is 0 Å². The van der Waals surface area contributed by atoms with Gasteiger partial charge in [0.2, 0.25) is 5.88 Å². The zero-order valence-corrected chi connectivity index (χ0v) is 10.4. The Kier molecular flexibility index (Phi) is 3.80. The van der Waals surface area contributed by atoms with Crippen molar-refractivity contribution in [1.82, 2.24) is 4.98 Å². The topological polar surface area (TPSA) is 22.1 Å². The Morgan fingerprint density at radius 3 is 2.28 bits per heavy atom. The first-order chi connectivity index (χ1) is 8.42. The Balaban J connectivity index is 0.00000120. The van der Waals surface area contributed by atoms with Crippen LogP contribution in [0, 0.1) is 0 Å². The third-order valence-electron chi connectivity index (χ3n) is 2.54. The van der Waals surface area contributed by atoms with E-state index in [4.69, 9.17) is 4.74 Å². The van der Waals surface area contributed by atoms with Gasteiger partial charge in [-0.3, -0.25) is 0 Å². The molecule has 0 aliphatic heterocycles. The van der Waals surface area contributed by atoms with Crippen LogP contribution in [-0.2, 0) is 0 Å². The summed E-state index contributed by atoms with van der Waals surface area (Å²) in [6.45, 7) is 0. The second-order valence-electron chi connectivity index (χ2n) is 3.76. The minimum Gasteiger partial charge on any atom is -0.439 e. The fourth-order valence-electron chi connectivity index (χ4n) is 1.71. The molecule has 3 aromatic rings. The molecular weight excluding hydrogens is 246 g/mol. The average molecular weight is 258 g/mol. The molecule has 0 aliphatic rings. The van der Waals surface area contributed by atoms with E-state index in [0.717, 1.165) is 16.7 Å². The van der Waals surface area contributed by atoms with Crippen LogP contribution in [0.3, 0.4) is 0 Å². The molecule has 0 saturated carbocycles. The quantitative estimate of drug-likeness (QED) is 0.677. The summed E-state index contributed by atoms with van der Waals surface area (Å²) >= 11 is 0. The molecular formula is C15H12ClNO. The molecule has 18 heavy (non-hydrogen) atoms. The normalized spacial score (nSPS) is 9.78. The van der Waals surface area contributed by atoms with Crippen LogP contribution in [0.4, 0.5) is 0 Å². The fourth-order valence-corrected chi connectivity index (χ4v) is 1.71. The molecule has 0 aliphatic carbocycles. The minimum absolute atomic E-state index is 0. The van der Waals surface area contributed by atoms with Crippen LogP contribution in [0.15, 0.2) is 66.7 Å². The molecule has 0 radical (unpaired) electrons. The van der Waals surface area contributed by atoms with Gasteiger partial charge in [-0.1, -0.05) is 36.4 Å². The largest absolute Gasteiger partial charge is 0.439 e. The van der Waals surface area contributed by atoms with E-state index < -0.39 is 0 Å². The van der Waals surface area contributed by atoms with Gasteiger partial charge in [0, 0.05) is 11.5 Å². The molecule has 0 amide bonds. The van der Waals surface area contributed by atoms with Crippen molar-refractivity contribution in [3.8, 4) is 11.6 Å². The highest BCUT2D eigenvalue weighted by Crippen LogP contribution is 2.21. The number of hydrogen-bond donors (Lipinski definition) is 0. The maximum atomic E-state index is 5.68. The number of fused-ring (bicyclic) bond motifs is 1. The molecule has 0 unspecified atom stereocenters. The lowest BCUT2D eigenvalue weighted by atomic mass is 10.2. The van der Waals surface area contributed by atoms with Crippen LogP contribution in [0.2, 0.25) is 0 Å². The summed E-state index contributed by atoms with van der Waals surface area (Å²) in [6, 6.07) is 21.6.